The molecular weight excluding hydrogens is 506 g/mol. The smallest absolute Gasteiger partial charge is 0.241 e. The molecule has 11 nitrogen and oxygen atoms in total. The number of imidazole rings is 2. The van der Waals surface area contributed by atoms with E-state index in [9.17, 15) is 5.11 Å². The number of anilines is 2. The number of para-hydroxylation sites is 2. The van der Waals surface area contributed by atoms with E-state index in [1.165, 1.54) is 6.42 Å². The molecule has 0 bridgehead atoms. The van der Waals surface area contributed by atoms with E-state index in [4.69, 9.17) is 24.7 Å². The quantitative estimate of drug-likeness (QED) is 0.392. The zero-order valence-electron chi connectivity index (χ0n) is 23.8. The maximum absolute atomic E-state index is 10.5. The lowest BCUT2D eigenvalue weighted by Crippen LogP contribution is -2.41. The van der Waals surface area contributed by atoms with Crippen LogP contribution in [0.3, 0.4) is 0 Å². The molecule has 7 rings (SSSR count). The van der Waals surface area contributed by atoms with E-state index < -0.39 is 5.60 Å². The molecule has 0 amide bonds. The Hall–Kier alpha value is -3.28. The van der Waals surface area contributed by atoms with Crippen molar-refractivity contribution in [1.29, 1.82) is 0 Å². The first-order valence-corrected chi connectivity index (χ1v) is 14.6. The molecule has 0 saturated carbocycles. The lowest BCUT2D eigenvalue weighted by Gasteiger charge is -2.37. The fraction of sp³-hybridized carbons (Fsp3) is 0.586. The molecule has 3 saturated heterocycles. The second kappa shape index (κ2) is 9.97. The van der Waals surface area contributed by atoms with Crippen molar-refractivity contribution in [3.05, 3.63) is 30.1 Å². The number of rotatable bonds is 6. The minimum atomic E-state index is -0.630. The highest BCUT2D eigenvalue weighted by Gasteiger charge is 2.32. The number of aromatic nitrogens is 6. The number of fused-ring (bicyclic) bond motifs is 2. The Morgan fingerprint density at radius 2 is 1.68 bits per heavy atom. The van der Waals surface area contributed by atoms with E-state index in [1.807, 2.05) is 26.0 Å². The van der Waals surface area contributed by atoms with Crippen molar-refractivity contribution in [3.8, 4) is 5.95 Å². The van der Waals surface area contributed by atoms with Gasteiger partial charge in [0.15, 0.2) is 17.0 Å². The van der Waals surface area contributed by atoms with Gasteiger partial charge in [-0.15, -0.1) is 0 Å². The Morgan fingerprint density at radius 3 is 2.38 bits per heavy atom. The first kappa shape index (κ1) is 25.7. The first-order valence-electron chi connectivity index (χ1n) is 14.6. The van der Waals surface area contributed by atoms with Crippen LogP contribution in [0.4, 0.5) is 11.8 Å². The normalized spacial score (nSPS) is 19.6. The number of piperidine rings is 1. The molecule has 3 fully saturated rings. The van der Waals surface area contributed by atoms with Crippen molar-refractivity contribution in [2.75, 3.05) is 62.3 Å². The van der Waals surface area contributed by atoms with Gasteiger partial charge < -0.3 is 24.2 Å². The van der Waals surface area contributed by atoms with E-state index in [-0.39, 0.29) is 0 Å². The van der Waals surface area contributed by atoms with Crippen molar-refractivity contribution in [2.24, 2.45) is 13.0 Å². The Morgan fingerprint density at radius 1 is 0.925 bits per heavy atom. The zero-order valence-corrected chi connectivity index (χ0v) is 23.8. The van der Waals surface area contributed by atoms with Gasteiger partial charge in [0.05, 0.1) is 36.4 Å². The summed E-state index contributed by atoms with van der Waals surface area (Å²) in [6.45, 7) is 11.4. The summed E-state index contributed by atoms with van der Waals surface area (Å²) in [6.07, 6.45) is 3.15. The van der Waals surface area contributed by atoms with Gasteiger partial charge in [-0.1, -0.05) is 12.1 Å². The van der Waals surface area contributed by atoms with E-state index in [0.29, 0.717) is 25.1 Å². The predicted octanol–water partition coefficient (Wildman–Crippen LogP) is 2.73. The fourth-order valence-electron chi connectivity index (χ4n) is 6.25. The molecule has 3 aliphatic heterocycles. The van der Waals surface area contributed by atoms with Crippen molar-refractivity contribution in [1.82, 2.24) is 34.0 Å². The molecule has 11 heteroatoms. The van der Waals surface area contributed by atoms with Crippen LogP contribution in [0.1, 0.15) is 38.9 Å². The largest absolute Gasteiger partial charge is 0.390 e. The number of aliphatic hydroxyl groups is 1. The molecule has 212 valence electrons. The van der Waals surface area contributed by atoms with Crippen LogP contribution in [0.15, 0.2) is 24.3 Å². The summed E-state index contributed by atoms with van der Waals surface area (Å²) in [6, 6.07) is 8.23. The highest BCUT2D eigenvalue weighted by atomic mass is 16.5. The van der Waals surface area contributed by atoms with Crippen LogP contribution in [0.2, 0.25) is 0 Å². The van der Waals surface area contributed by atoms with Gasteiger partial charge in [0.2, 0.25) is 11.9 Å². The molecule has 1 N–H and O–H groups in total. The number of aryl methyl sites for hydroxylation is 1. The predicted molar refractivity (Wildman–Crippen MR) is 155 cm³/mol. The number of likely N-dealkylation sites (tertiary alicyclic amines) is 1. The average Bonchev–Trinajstić information content (AvgIpc) is 3.45. The van der Waals surface area contributed by atoms with E-state index in [0.717, 1.165) is 98.4 Å². The SMILES string of the molecule is Cn1c(CN2CCC(C(C)(C)O)CC2)nc2c(N3CCOCC3)nc(-n3c(N4CCC4)nc4ccccc43)nc21. The molecule has 0 atom stereocenters. The van der Waals surface area contributed by atoms with Crippen LogP contribution < -0.4 is 9.80 Å². The van der Waals surface area contributed by atoms with Gasteiger partial charge in [-0.3, -0.25) is 4.90 Å². The van der Waals surface area contributed by atoms with Gasteiger partial charge in [-0.05, 0) is 64.3 Å². The summed E-state index contributed by atoms with van der Waals surface area (Å²) >= 11 is 0. The Kier molecular flexibility index (Phi) is 6.40. The molecule has 1 aromatic carbocycles. The second-order valence-corrected chi connectivity index (χ2v) is 12.0. The van der Waals surface area contributed by atoms with E-state index >= 15 is 0 Å². The van der Waals surface area contributed by atoms with Crippen molar-refractivity contribution < 1.29 is 9.84 Å². The van der Waals surface area contributed by atoms with Gasteiger partial charge >= 0.3 is 0 Å². The Balaban J connectivity index is 1.31. The Labute approximate surface area is 234 Å². The lowest BCUT2D eigenvalue weighted by molar-refractivity contribution is -0.0139. The fourth-order valence-corrected chi connectivity index (χ4v) is 6.25. The molecule has 0 unspecified atom stereocenters. The summed E-state index contributed by atoms with van der Waals surface area (Å²) in [7, 11) is 2.07. The molecule has 3 aromatic heterocycles. The van der Waals surface area contributed by atoms with Crippen LogP contribution in [-0.4, -0.2) is 97.2 Å². The zero-order chi connectivity index (χ0) is 27.4. The maximum Gasteiger partial charge on any atom is 0.241 e. The van der Waals surface area contributed by atoms with Crippen LogP contribution >= 0.6 is 0 Å². The van der Waals surface area contributed by atoms with Gasteiger partial charge in [-0.2, -0.15) is 9.97 Å². The van der Waals surface area contributed by atoms with Crippen LogP contribution in [-0.2, 0) is 18.3 Å². The van der Waals surface area contributed by atoms with Crippen LogP contribution in [0.25, 0.3) is 28.1 Å². The van der Waals surface area contributed by atoms with Crippen molar-refractivity contribution in [3.63, 3.8) is 0 Å². The van der Waals surface area contributed by atoms with Crippen molar-refractivity contribution >= 4 is 34.0 Å². The number of benzene rings is 1. The summed E-state index contributed by atoms with van der Waals surface area (Å²) < 4.78 is 9.92. The molecule has 0 spiro atoms. The van der Waals surface area contributed by atoms with Gasteiger partial charge in [0.1, 0.15) is 5.82 Å². The highest BCUT2D eigenvalue weighted by molar-refractivity contribution is 5.86. The monoisotopic (exact) mass is 545 g/mol. The molecular formula is C29H39N9O2. The number of hydrogen-bond donors (Lipinski definition) is 1. The molecule has 0 radical (unpaired) electrons. The van der Waals surface area contributed by atoms with Gasteiger partial charge in [-0.25, -0.2) is 14.5 Å². The topological polar surface area (TPSA) is 101 Å². The number of morpholine rings is 1. The third kappa shape index (κ3) is 4.49. The number of ether oxygens (including phenoxy) is 1. The van der Waals surface area contributed by atoms with Gasteiger partial charge in [0, 0.05) is 33.2 Å². The summed E-state index contributed by atoms with van der Waals surface area (Å²) in [5, 5.41) is 10.5. The van der Waals surface area contributed by atoms with E-state index in [1.54, 1.807) is 0 Å². The van der Waals surface area contributed by atoms with Crippen LogP contribution in [0, 0.1) is 5.92 Å². The second-order valence-electron chi connectivity index (χ2n) is 12.0. The summed E-state index contributed by atoms with van der Waals surface area (Å²) in [4.78, 5) is 27.5. The van der Waals surface area contributed by atoms with Crippen LogP contribution in [0.5, 0.6) is 0 Å². The summed E-state index contributed by atoms with van der Waals surface area (Å²) in [5.41, 5.74) is 3.00. The Bertz CT molecular complexity index is 1520. The molecule has 6 heterocycles. The third-order valence-corrected chi connectivity index (χ3v) is 8.93. The molecule has 0 aliphatic carbocycles. The minimum absolute atomic E-state index is 0.330. The highest BCUT2D eigenvalue weighted by Crippen LogP contribution is 2.33. The van der Waals surface area contributed by atoms with Gasteiger partial charge in [0.25, 0.3) is 0 Å². The summed E-state index contributed by atoms with van der Waals surface area (Å²) in [5.74, 6) is 3.70. The molecule has 40 heavy (non-hydrogen) atoms. The first-order chi connectivity index (χ1) is 19.4. The standard InChI is InChI=1S/C29H39N9O2/c1-29(2,39)20-9-13-35(14-10-20)19-23-31-24-25(34(23)3)32-27(33-26(24)36-15-17-40-18-16-36)38-22-8-5-4-7-21(22)30-28(38)37-11-6-12-37/h4-5,7-8,20,39H,6,9-19H2,1-3H3. The molecule has 3 aliphatic rings. The molecule has 4 aromatic rings. The minimum Gasteiger partial charge on any atom is -0.390 e. The maximum atomic E-state index is 10.5. The number of hydrogen-bond acceptors (Lipinski definition) is 9. The average molecular weight is 546 g/mol. The van der Waals surface area contributed by atoms with E-state index in [2.05, 4.69) is 43.0 Å². The lowest BCUT2D eigenvalue weighted by atomic mass is 9.83. The number of nitrogens with zero attached hydrogens (tertiary/aromatic N) is 9. The van der Waals surface area contributed by atoms with Crippen molar-refractivity contribution in [2.45, 2.75) is 45.3 Å². The third-order valence-electron chi connectivity index (χ3n) is 8.93.